The molecule has 9 nitrogen and oxygen atoms in total. The Balaban J connectivity index is 0. The van der Waals surface area contributed by atoms with E-state index < -0.39 is 5.92 Å². The molecule has 0 saturated heterocycles. The summed E-state index contributed by atoms with van der Waals surface area (Å²) in [6, 6.07) is 0. The molecule has 0 heterocycles. The summed E-state index contributed by atoms with van der Waals surface area (Å²) in [5, 5.41) is 0. The van der Waals surface area contributed by atoms with E-state index in [1.807, 2.05) is 0 Å². The first-order valence-electron chi connectivity index (χ1n) is 17.6. The summed E-state index contributed by atoms with van der Waals surface area (Å²) >= 11 is 0. The van der Waals surface area contributed by atoms with E-state index in [1.54, 1.807) is 0 Å². The van der Waals surface area contributed by atoms with E-state index in [2.05, 4.69) is 32.6 Å². The van der Waals surface area contributed by atoms with Gasteiger partial charge in [-0.05, 0) is 57.7 Å². The average Bonchev–Trinajstić information content (AvgIpc) is 3.03. The molecular weight excluding hydrogens is 651 g/mol. The van der Waals surface area contributed by atoms with Crippen molar-refractivity contribution in [2.75, 3.05) is 46.1 Å². The number of esters is 3. The molecule has 0 aliphatic heterocycles. The van der Waals surface area contributed by atoms with Gasteiger partial charge in [-0.1, -0.05) is 98.4 Å². The molecule has 0 amide bonds. The van der Waals surface area contributed by atoms with Crippen molar-refractivity contribution in [2.24, 2.45) is 11.8 Å². The third-order valence-electron chi connectivity index (χ3n) is 8.01. The first-order valence-corrected chi connectivity index (χ1v) is 17.6. The Bertz CT molecular complexity index is 720. The molecule has 0 spiro atoms. The fraction of sp³-hybridized carbons (Fsp3) is 0.886. The van der Waals surface area contributed by atoms with Crippen LogP contribution in [0.2, 0.25) is 0 Å². The SMILES string of the molecule is CCCCCCC(CCCC)COC(=O)CCCCCCCCC(=O)OCC(CO[C-]=O)COC(=O)CCCN(CC)CC.[Y]. The van der Waals surface area contributed by atoms with E-state index in [4.69, 9.17) is 18.9 Å². The van der Waals surface area contributed by atoms with Crippen LogP contribution in [0.1, 0.15) is 143 Å². The predicted molar refractivity (Wildman–Crippen MR) is 174 cm³/mol. The van der Waals surface area contributed by atoms with Gasteiger partial charge in [0, 0.05) is 52.0 Å². The molecule has 45 heavy (non-hydrogen) atoms. The minimum Gasteiger partial charge on any atom is -0.652 e. The van der Waals surface area contributed by atoms with Crippen molar-refractivity contribution in [3.05, 3.63) is 0 Å². The van der Waals surface area contributed by atoms with Crippen LogP contribution in [0, 0.1) is 11.8 Å². The molecule has 2 atom stereocenters. The first-order chi connectivity index (χ1) is 21.4. The topological polar surface area (TPSA) is 108 Å². The Morgan fingerprint density at radius 1 is 0.556 bits per heavy atom. The van der Waals surface area contributed by atoms with Gasteiger partial charge in [-0.25, -0.2) is 0 Å². The number of hydrogen-bond donors (Lipinski definition) is 0. The van der Waals surface area contributed by atoms with Gasteiger partial charge < -0.3 is 28.6 Å². The maximum atomic E-state index is 12.2. The standard InChI is InChI=1S/C35H64NO8.Y/c1-5-9-11-16-21-31(20-10-6-2)27-42-33(38)22-17-14-12-13-15-18-23-34(39)43-28-32(26-41-30-37)29-44-35(40)24-19-25-36(7-3)8-4;/h31-32H,5-29H2,1-4H3;/q-1;. The summed E-state index contributed by atoms with van der Waals surface area (Å²) in [7, 11) is 0. The van der Waals surface area contributed by atoms with Crippen LogP contribution in [0.25, 0.3) is 0 Å². The largest absolute Gasteiger partial charge is 0.652 e. The van der Waals surface area contributed by atoms with Crippen LogP contribution in [0.4, 0.5) is 0 Å². The molecule has 0 N–H and O–H groups in total. The van der Waals surface area contributed by atoms with E-state index in [1.165, 1.54) is 45.0 Å². The Kier molecular flexibility index (Phi) is 35.1. The van der Waals surface area contributed by atoms with E-state index in [0.29, 0.717) is 38.2 Å². The van der Waals surface area contributed by atoms with E-state index in [9.17, 15) is 19.2 Å². The minimum absolute atomic E-state index is 0. The van der Waals surface area contributed by atoms with Crippen molar-refractivity contribution in [1.29, 1.82) is 0 Å². The maximum Gasteiger partial charge on any atom is 0.305 e. The molecule has 2 unspecified atom stereocenters. The van der Waals surface area contributed by atoms with Gasteiger partial charge in [0.05, 0.1) is 19.1 Å². The molecule has 1 radical (unpaired) electrons. The van der Waals surface area contributed by atoms with Gasteiger partial charge in [-0.15, -0.1) is 0 Å². The zero-order valence-electron chi connectivity index (χ0n) is 29.1. The Morgan fingerprint density at radius 2 is 1.00 bits per heavy atom. The van der Waals surface area contributed by atoms with Crippen LogP contribution in [0.5, 0.6) is 0 Å². The van der Waals surface area contributed by atoms with Crippen molar-refractivity contribution in [3.63, 3.8) is 0 Å². The van der Waals surface area contributed by atoms with Crippen molar-refractivity contribution in [3.8, 4) is 0 Å². The van der Waals surface area contributed by atoms with Crippen LogP contribution < -0.4 is 0 Å². The molecule has 0 bridgehead atoms. The zero-order valence-corrected chi connectivity index (χ0v) is 32.0. The monoisotopic (exact) mass is 715 g/mol. The fourth-order valence-corrected chi connectivity index (χ4v) is 5.04. The van der Waals surface area contributed by atoms with Gasteiger partial charge in [0.15, 0.2) is 0 Å². The second-order valence-electron chi connectivity index (χ2n) is 11.9. The average molecular weight is 716 g/mol. The molecular formula is C35H64NO8Y-. The number of carbonyl (C=O) groups excluding carboxylic acids is 4. The number of ether oxygens (including phenoxy) is 4. The second kappa shape index (κ2) is 34.3. The summed E-state index contributed by atoms with van der Waals surface area (Å²) < 4.78 is 21.0. The van der Waals surface area contributed by atoms with E-state index in [0.717, 1.165) is 71.0 Å². The predicted octanol–water partition coefficient (Wildman–Crippen LogP) is 7.33. The summed E-state index contributed by atoms with van der Waals surface area (Å²) in [4.78, 5) is 49.2. The molecule has 0 rings (SSSR count). The molecule has 10 heteroatoms. The molecule has 261 valence electrons. The van der Waals surface area contributed by atoms with E-state index in [-0.39, 0.29) is 70.4 Å². The van der Waals surface area contributed by atoms with Gasteiger partial charge in [0.1, 0.15) is 13.2 Å². The number of carbonyl (C=O) groups is 3. The third kappa shape index (κ3) is 30.1. The Morgan fingerprint density at radius 3 is 1.49 bits per heavy atom. The zero-order chi connectivity index (χ0) is 32.7. The molecule has 0 saturated carbocycles. The Labute approximate surface area is 299 Å². The summed E-state index contributed by atoms with van der Waals surface area (Å²) in [6.45, 7) is 13.2. The number of unbranched alkanes of at least 4 members (excludes halogenated alkanes) is 9. The summed E-state index contributed by atoms with van der Waals surface area (Å²) in [5.74, 6) is -0.647. The fourth-order valence-electron chi connectivity index (χ4n) is 5.04. The molecule has 0 aromatic rings. The molecule has 0 aromatic heterocycles. The number of hydrogen-bond acceptors (Lipinski definition) is 9. The molecule has 0 aromatic carbocycles. The Hall–Kier alpha value is -1.06. The second-order valence-corrected chi connectivity index (χ2v) is 11.9. The van der Waals surface area contributed by atoms with Crippen LogP contribution in [-0.2, 0) is 70.8 Å². The van der Waals surface area contributed by atoms with Crippen molar-refractivity contribution in [1.82, 2.24) is 4.90 Å². The first kappa shape index (κ1) is 46.1. The minimum atomic E-state index is -0.424. The van der Waals surface area contributed by atoms with Crippen LogP contribution in [-0.4, -0.2) is 75.3 Å². The molecule has 0 fully saturated rings. The summed E-state index contributed by atoms with van der Waals surface area (Å²) in [5.41, 5.74) is 0. The van der Waals surface area contributed by atoms with Crippen LogP contribution >= 0.6 is 0 Å². The molecule has 0 aliphatic carbocycles. The van der Waals surface area contributed by atoms with Gasteiger partial charge in [-0.2, -0.15) is 0 Å². The van der Waals surface area contributed by atoms with Gasteiger partial charge >= 0.3 is 17.9 Å². The van der Waals surface area contributed by atoms with Gasteiger partial charge in [-0.3, -0.25) is 14.4 Å². The third-order valence-corrected chi connectivity index (χ3v) is 8.01. The maximum absolute atomic E-state index is 12.2. The normalized spacial score (nSPS) is 12.2. The van der Waals surface area contributed by atoms with Crippen molar-refractivity contribution in [2.45, 2.75) is 143 Å². The van der Waals surface area contributed by atoms with Gasteiger partial charge in [0.2, 0.25) is 0 Å². The van der Waals surface area contributed by atoms with Gasteiger partial charge in [0.25, 0.3) is 0 Å². The van der Waals surface area contributed by atoms with Crippen LogP contribution in [0.3, 0.4) is 0 Å². The smallest absolute Gasteiger partial charge is 0.305 e. The number of nitrogens with zero attached hydrogens (tertiary/aromatic N) is 1. The number of rotatable bonds is 32. The van der Waals surface area contributed by atoms with E-state index >= 15 is 0 Å². The molecule has 0 aliphatic rings. The van der Waals surface area contributed by atoms with Crippen LogP contribution in [0.15, 0.2) is 0 Å². The summed E-state index contributed by atoms with van der Waals surface area (Å²) in [6.07, 6.45) is 16.9. The van der Waals surface area contributed by atoms with Crippen molar-refractivity contribution >= 4 is 24.4 Å². The quantitative estimate of drug-likeness (QED) is 0.0306. The van der Waals surface area contributed by atoms with Crippen molar-refractivity contribution < 1.29 is 70.8 Å².